The van der Waals surface area contributed by atoms with Crippen molar-refractivity contribution in [1.82, 2.24) is 9.47 Å². The van der Waals surface area contributed by atoms with Crippen LogP contribution in [0.25, 0.3) is 10.9 Å². The Bertz CT molecular complexity index is 805. The number of hydrogen-bond donors (Lipinski definition) is 0. The number of likely N-dealkylation sites (tertiary alicyclic amines) is 1. The number of aromatic nitrogens is 1. The molecule has 0 aliphatic carbocycles. The van der Waals surface area contributed by atoms with Crippen LogP contribution in [0.15, 0.2) is 24.4 Å². The Morgan fingerprint density at radius 3 is 2.60 bits per heavy atom. The second kappa shape index (κ2) is 10.3. The minimum Gasteiger partial charge on any atom is -0.371 e. The lowest BCUT2D eigenvalue weighted by molar-refractivity contribution is 0.173. The lowest BCUT2D eigenvalue weighted by Crippen LogP contribution is -2.36. The van der Waals surface area contributed by atoms with E-state index in [0.29, 0.717) is 12.0 Å². The van der Waals surface area contributed by atoms with E-state index in [-0.39, 0.29) is 5.82 Å². The van der Waals surface area contributed by atoms with E-state index in [4.69, 9.17) is 4.74 Å². The zero-order valence-electron chi connectivity index (χ0n) is 18.9. The van der Waals surface area contributed by atoms with Crippen LogP contribution in [-0.4, -0.2) is 41.8 Å². The minimum absolute atomic E-state index is 0.129. The summed E-state index contributed by atoms with van der Waals surface area (Å²) in [5.41, 5.74) is 2.50. The van der Waals surface area contributed by atoms with Crippen LogP contribution in [0.5, 0.6) is 0 Å². The maximum absolute atomic E-state index is 14.0. The van der Waals surface area contributed by atoms with E-state index in [1.807, 2.05) is 6.07 Å². The fraction of sp³-hybridized carbons (Fsp3) is 0.692. The fourth-order valence-electron chi connectivity index (χ4n) is 5.38. The third kappa shape index (κ3) is 5.45. The summed E-state index contributed by atoms with van der Waals surface area (Å²) in [6.45, 7) is 9.96. The van der Waals surface area contributed by atoms with Gasteiger partial charge < -0.3 is 14.2 Å². The molecule has 30 heavy (non-hydrogen) atoms. The van der Waals surface area contributed by atoms with Crippen LogP contribution in [0.3, 0.4) is 0 Å². The van der Waals surface area contributed by atoms with E-state index in [0.717, 1.165) is 30.0 Å². The largest absolute Gasteiger partial charge is 0.371 e. The number of hydrogen-bond acceptors (Lipinski definition) is 2. The molecule has 2 fully saturated rings. The summed E-state index contributed by atoms with van der Waals surface area (Å²) in [4.78, 5) is 2.70. The van der Waals surface area contributed by atoms with Gasteiger partial charge in [-0.25, -0.2) is 4.39 Å². The SMILES string of the molecule is CCCCCC(CCC)CN1CCC(c2cn(CC3CO3)c3ccc(F)cc23)CC1. The average molecular weight is 415 g/mol. The Kier molecular flexibility index (Phi) is 7.48. The molecule has 2 aliphatic heterocycles. The summed E-state index contributed by atoms with van der Waals surface area (Å²) >= 11 is 0. The highest BCUT2D eigenvalue weighted by molar-refractivity contribution is 5.84. The summed E-state index contributed by atoms with van der Waals surface area (Å²) in [7, 11) is 0. The van der Waals surface area contributed by atoms with Gasteiger partial charge in [0.05, 0.1) is 19.3 Å². The van der Waals surface area contributed by atoms with Gasteiger partial charge in [0.1, 0.15) is 5.82 Å². The van der Waals surface area contributed by atoms with Gasteiger partial charge in [0.25, 0.3) is 0 Å². The summed E-state index contributed by atoms with van der Waals surface area (Å²) in [5.74, 6) is 1.26. The number of epoxide rings is 1. The molecule has 166 valence electrons. The van der Waals surface area contributed by atoms with Crippen LogP contribution in [0.1, 0.15) is 76.7 Å². The highest BCUT2D eigenvalue weighted by atomic mass is 19.1. The van der Waals surface area contributed by atoms with Crippen LogP contribution in [0.4, 0.5) is 4.39 Å². The number of ether oxygens (including phenoxy) is 1. The van der Waals surface area contributed by atoms with E-state index in [1.54, 1.807) is 12.1 Å². The van der Waals surface area contributed by atoms with Crippen LogP contribution in [-0.2, 0) is 11.3 Å². The van der Waals surface area contributed by atoms with Gasteiger partial charge in [0.2, 0.25) is 0 Å². The standard InChI is InChI=1S/C26H39FN2O/c1-3-5-6-8-20(7-4-2)16-28-13-11-21(12-14-28)25-18-29(17-23-19-30-23)26-10-9-22(27)15-24(25)26/h9-10,15,18,20-21,23H,3-8,11-14,16-17,19H2,1-2H3. The Labute approximate surface area is 181 Å². The molecule has 0 N–H and O–H groups in total. The van der Waals surface area contributed by atoms with Crippen LogP contribution < -0.4 is 0 Å². The van der Waals surface area contributed by atoms with Crippen molar-refractivity contribution in [3.05, 3.63) is 35.8 Å². The van der Waals surface area contributed by atoms with Gasteiger partial charge in [-0.05, 0) is 74.4 Å². The lowest BCUT2D eigenvalue weighted by Gasteiger charge is -2.34. The van der Waals surface area contributed by atoms with Crippen LogP contribution in [0.2, 0.25) is 0 Å². The molecule has 3 heterocycles. The van der Waals surface area contributed by atoms with Crippen molar-refractivity contribution < 1.29 is 9.13 Å². The number of rotatable bonds is 11. The second-order valence-corrected chi connectivity index (χ2v) is 9.58. The molecule has 2 atom stereocenters. The number of unbranched alkanes of at least 4 members (excludes halogenated alkanes) is 2. The number of fused-ring (bicyclic) bond motifs is 1. The predicted molar refractivity (Wildman–Crippen MR) is 123 cm³/mol. The van der Waals surface area contributed by atoms with E-state index in [1.165, 1.54) is 76.6 Å². The zero-order chi connectivity index (χ0) is 20.9. The first kappa shape index (κ1) is 21.8. The van der Waals surface area contributed by atoms with Gasteiger partial charge in [-0.1, -0.05) is 39.5 Å². The molecule has 0 amide bonds. The third-order valence-corrected chi connectivity index (χ3v) is 7.13. The van der Waals surface area contributed by atoms with Crippen molar-refractivity contribution in [1.29, 1.82) is 0 Å². The molecule has 2 aromatic rings. The molecule has 2 aliphatic rings. The average Bonchev–Trinajstić information content (AvgIpc) is 3.49. The molecule has 2 unspecified atom stereocenters. The van der Waals surface area contributed by atoms with E-state index in [9.17, 15) is 4.39 Å². The molecule has 2 saturated heterocycles. The molecular weight excluding hydrogens is 375 g/mol. The maximum atomic E-state index is 14.0. The smallest absolute Gasteiger partial charge is 0.123 e. The monoisotopic (exact) mass is 414 g/mol. The van der Waals surface area contributed by atoms with Crippen LogP contribution >= 0.6 is 0 Å². The van der Waals surface area contributed by atoms with Gasteiger partial charge in [-0.3, -0.25) is 0 Å². The quantitative estimate of drug-likeness (QED) is 0.315. The lowest BCUT2D eigenvalue weighted by atomic mass is 9.88. The molecule has 0 spiro atoms. The predicted octanol–water partition coefficient (Wildman–Crippen LogP) is 6.36. The minimum atomic E-state index is -0.129. The van der Waals surface area contributed by atoms with E-state index in [2.05, 4.69) is 29.5 Å². The molecule has 0 radical (unpaired) electrons. The molecule has 0 bridgehead atoms. The van der Waals surface area contributed by atoms with Crippen molar-refractivity contribution in [2.45, 2.75) is 83.8 Å². The molecule has 4 rings (SSSR count). The second-order valence-electron chi connectivity index (χ2n) is 9.58. The normalized spacial score (nSPS) is 21.4. The van der Waals surface area contributed by atoms with Crippen molar-refractivity contribution >= 4 is 10.9 Å². The van der Waals surface area contributed by atoms with E-state index >= 15 is 0 Å². The highest BCUT2D eigenvalue weighted by Gasteiger charge is 2.28. The van der Waals surface area contributed by atoms with Crippen molar-refractivity contribution in [3.63, 3.8) is 0 Å². The number of halogens is 1. The Balaban J connectivity index is 1.39. The van der Waals surface area contributed by atoms with Gasteiger partial charge in [0.15, 0.2) is 0 Å². The van der Waals surface area contributed by atoms with Gasteiger partial charge in [-0.15, -0.1) is 0 Å². The molecular formula is C26H39FN2O. The first-order chi connectivity index (χ1) is 14.7. The number of piperidine rings is 1. The number of nitrogens with zero attached hydrogens (tertiary/aromatic N) is 2. The molecule has 4 heteroatoms. The summed E-state index contributed by atoms with van der Waals surface area (Å²) < 4.78 is 21.8. The van der Waals surface area contributed by atoms with Gasteiger partial charge in [0, 0.05) is 23.6 Å². The fourth-order valence-corrected chi connectivity index (χ4v) is 5.38. The molecule has 1 aromatic carbocycles. The maximum Gasteiger partial charge on any atom is 0.123 e. The van der Waals surface area contributed by atoms with Crippen molar-refractivity contribution in [2.75, 3.05) is 26.2 Å². The Hall–Kier alpha value is -1.39. The van der Waals surface area contributed by atoms with Crippen LogP contribution in [0, 0.1) is 11.7 Å². The van der Waals surface area contributed by atoms with Gasteiger partial charge in [-0.2, -0.15) is 0 Å². The van der Waals surface area contributed by atoms with Crippen molar-refractivity contribution in [3.8, 4) is 0 Å². The first-order valence-corrected chi connectivity index (χ1v) is 12.3. The Morgan fingerprint density at radius 1 is 1.10 bits per heavy atom. The number of benzene rings is 1. The zero-order valence-corrected chi connectivity index (χ0v) is 18.9. The molecule has 1 aromatic heterocycles. The third-order valence-electron chi connectivity index (χ3n) is 7.13. The van der Waals surface area contributed by atoms with Gasteiger partial charge >= 0.3 is 0 Å². The molecule has 0 saturated carbocycles. The summed E-state index contributed by atoms with van der Waals surface area (Å²) in [6, 6.07) is 5.27. The summed E-state index contributed by atoms with van der Waals surface area (Å²) in [6.07, 6.45) is 13.1. The van der Waals surface area contributed by atoms with E-state index < -0.39 is 0 Å². The first-order valence-electron chi connectivity index (χ1n) is 12.3. The Morgan fingerprint density at radius 2 is 1.90 bits per heavy atom. The molecule has 3 nitrogen and oxygen atoms in total. The summed E-state index contributed by atoms with van der Waals surface area (Å²) in [5, 5.41) is 1.11. The van der Waals surface area contributed by atoms with Crippen molar-refractivity contribution in [2.24, 2.45) is 5.92 Å². The topological polar surface area (TPSA) is 20.7 Å². The highest BCUT2D eigenvalue weighted by Crippen LogP contribution is 2.36.